The minimum Gasteiger partial charge on any atom is -0.326 e. The summed E-state index contributed by atoms with van der Waals surface area (Å²) in [5, 5.41) is 17.9. The fourth-order valence-electron chi connectivity index (χ4n) is 2.73. The molecule has 0 saturated carbocycles. The van der Waals surface area contributed by atoms with Crippen LogP contribution in [0.15, 0.2) is 24.3 Å². The van der Waals surface area contributed by atoms with Gasteiger partial charge in [-0.05, 0) is 48.9 Å². The van der Waals surface area contributed by atoms with E-state index >= 15 is 0 Å². The number of nitrogens with one attached hydrogen (secondary N) is 2. The van der Waals surface area contributed by atoms with Crippen LogP contribution in [0.4, 0.5) is 5.69 Å². The van der Waals surface area contributed by atoms with E-state index in [1.807, 2.05) is 31.2 Å². The van der Waals surface area contributed by atoms with Gasteiger partial charge in [0.2, 0.25) is 5.91 Å². The Hall–Kier alpha value is -1.99. The first kappa shape index (κ1) is 17.4. The minimum atomic E-state index is 0. The van der Waals surface area contributed by atoms with Crippen molar-refractivity contribution in [2.24, 2.45) is 0 Å². The highest BCUT2D eigenvalue weighted by Gasteiger charge is 2.17. The van der Waals surface area contributed by atoms with Crippen LogP contribution in [0.25, 0.3) is 11.4 Å². The van der Waals surface area contributed by atoms with E-state index in [0.717, 1.165) is 30.6 Å². The monoisotopic (exact) mass is 336 g/mol. The van der Waals surface area contributed by atoms with E-state index in [9.17, 15) is 4.79 Å². The maximum Gasteiger partial charge on any atom is 0.225 e. The molecule has 23 heavy (non-hydrogen) atoms. The minimum absolute atomic E-state index is 0. The molecule has 1 amide bonds. The van der Waals surface area contributed by atoms with Gasteiger partial charge in [-0.15, -0.1) is 17.5 Å². The fourth-order valence-corrected chi connectivity index (χ4v) is 2.73. The van der Waals surface area contributed by atoms with E-state index < -0.39 is 0 Å². The van der Waals surface area contributed by atoms with Gasteiger partial charge < -0.3 is 10.6 Å². The van der Waals surface area contributed by atoms with Crippen molar-refractivity contribution in [3.63, 3.8) is 0 Å². The number of rotatable bonds is 5. The number of aryl methyl sites for hydroxylation is 1. The lowest BCUT2D eigenvalue weighted by atomic mass is 10.1. The summed E-state index contributed by atoms with van der Waals surface area (Å²) < 4.78 is 1.73. The van der Waals surface area contributed by atoms with Gasteiger partial charge in [0.05, 0.1) is 0 Å². The van der Waals surface area contributed by atoms with Crippen LogP contribution < -0.4 is 10.6 Å². The van der Waals surface area contributed by atoms with E-state index in [1.165, 1.54) is 0 Å². The maximum absolute atomic E-state index is 12.1. The molecule has 1 aliphatic heterocycles. The van der Waals surface area contributed by atoms with Gasteiger partial charge in [-0.3, -0.25) is 4.79 Å². The van der Waals surface area contributed by atoms with Crippen LogP contribution in [0.1, 0.15) is 26.2 Å². The number of carbonyl (C=O) groups excluding carboxylic acids is 1. The number of aromatic nitrogens is 4. The van der Waals surface area contributed by atoms with Gasteiger partial charge in [0.25, 0.3) is 0 Å². The second-order valence-electron chi connectivity index (χ2n) is 5.44. The number of nitrogens with zero attached hydrogens (tertiary/aromatic N) is 4. The highest BCUT2D eigenvalue weighted by molar-refractivity contribution is 5.91. The van der Waals surface area contributed by atoms with Crippen molar-refractivity contribution in [3.8, 4) is 11.4 Å². The molecule has 2 heterocycles. The number of anilines is 1. The molecule has 1 atom stereocenters. The van der Waals surface area contributed by atoms with E-state index in [4.69, 9.17) is 0 Å². The largest absolute Gasteiger partial charge is 0.326 e. The molecule has 1 aromatic carbocycles. The summed E-state index contributed by atoms with van der Waals surface area (Å²) in [5.41, 5.74) is 1.66. The van der Waals surface area contributed by atoms with Crippen molar-refractivity contribution in [2.45, 2.75) is 38.8 Å². The molecule has 0 bridgehead atoms. The molecule has 1 unspecified atom stereocenters. The average Bonchev–Trinajstić information content (AvgIpc) is 3.18. The Balaban J connectivity index is 0.00000192. The van der Waals surface area contributed by atoms with Crippen LogP contribution >= 0.6 is 12.4 Å². The van der Waals surface area contributed by atoms with E-state index in [0.29, 0.717) is 24.8 Å². The second-order valence-corrected chi connectivity index (χ2v) is 5.44. The molecule has 2 aromatic rings. The zero-order valence-electron chi connectivity index (χ0n) is 13.0. The molecule has 2 N–H and O–H groups in total. The molecular weight excluding hydrogens is 316 g/mol. The molecule has 1 saturated heterocycles. The Morgan fingerprint density at radius 1 is 1.48 bits per heavy atom. The summed E-state index contributed by atoms with van der Waals surface area (Å²) in [7, 11) is 0. The second kappa shape index (κ2) is 8.03. The number of tetrazole rings is 1. The van der Waals surface area contributed by atoms with Gasteiger partial charge in [-0.25, -0.2) is 4.68 Å². The van der Waals surface area contributed by atoms with E-state index in [2.05, 4.69) is 26.2 Å². The van der Waals surface area contributed by atoms with Gasteiger partial charge in [-0.2, -0.15) is 0 Å². The molecule has 0 aliphatic carbocycles. The first-order chi connectivity index (χ1) is 10.8. The van der Waals surface area contributed by atoms with E-state index in [-0.39, 0.29) is 18.3 Å². The lowest BCUT2D eigenvalue weighted by molar-refractivity contribution is -0.116. The topological polar surface area (TPSA) is 84.7 Å². The zero-order valence-corrected chi connectivity index (χ0v) is 13.8. The normalized spacial score (nSPS) is 16.8. The summed E-state index contributed by atoms with van der Waals surface area (Å²) in [6.45, 7) is 3.69. The van der Waals surface area contributed by atoms with Crippen LogP contribution in [0.3, 0.4) is 0 Å². The first-order valence-electron chi connectivity index (χ1n) is 7.66. The van der Waals surface area contributed by atoms with Gasteiger partial charge in [0.1, 0.15) is 0 Å². The fraction of sp³-hybridized carbons (Fsp3) is 0.467. The molecular formula is C15H21ClN6O. The molecule has 1 aromatic heterocycles. The van der Waals surface area contributed by atoms with Crippen molar-refractivity contribution < 1.29 is 4.79 Å². The lowest BCUT2D eigenvalue weighted by Gasteiger charge is -2.11. The first-order valence-corrected chi connectivity index (χ1v) is 7.66. The Morgan fingerprint density at radius 3 is 3.09 bits per heavy atom. The summed E-state index contributed by atoms with van der Waals surface area (Å²) >= 11 is 0. The quantitative estimate of drug-likeness (QED) is 0.870. The molecule has 1 fully saturated rings. The molecule has 7 nitrogen and oxygen atoms in total. The Morgan fingerprint density at radius 2 is 2.35 bits per heavy atom. The van der Waals surface area contributed by atoms with Gasteiger partial charge in [-0.1, -0.05) is 12.1 Å². The van der Waals surface area contributed by atoms with Crippen molar-refractivity contribution in [1.82, 2.24) is 25.5 Å². The number of hydrogen-bond donors (Lipinski definition) is 2. The smallest absolute Gasteiger partial charge is 0.225 e. The predicted molar refractivity (Wildman–Crippen MR) is 90.4 cm³/mol. The van der Waals surface area contributed by atoms with Gasteiger partial charge in [0, 0.05) is 30.3 Å². The number of halogens is 1. The maximum atomic E-state index is 12.1. The number of benzene rings is 1. The molecule has 1 aliphatic rings. The summed E-state index contributed by atoms with van der Waals surface area (Å²) in [4.78, 5) is 12.1. The van der Waals surface area contributed by atoms with Crippen LogP contribution in [-0.4, -0.2) is 38.7 Å². The van der Waals surface area contributed by atoms with Crippen molar-refractivity contribution in [3.05, 3.63) is 24.3 Å². The third kappa shape index (κ3) is 4.27. The van der Waals surface area contributed by atoms with Crippen LogP contribution in [0, 0.1) is 0 Å². The highest BCUT2D eigenvalue weighted by atomic mass is 35.5. The molecule has 0 radical (unpaired) electrons. The van der Waals surface area contributed by atoms with Crippen molar-refractivity contribution in [2.75, 3.05) is 11.9 Å². The molecule has 3 rings (SSSR count). The number of amides is 1. The molecule has 8 heteroatoms. The Labute approximate surface area is 141 Å². The summed E-state index contributed by atoms with van der Waals surface area (Å²) in [6.07, 6.45) is 2.72. The molecule has 124 valence electrons. The zero-order chi connectivity index (χ0) is 15.4. The SMILES string of the molecule is CCn1nnnc1-c1cccc(NC(=O)CC2CCCN2)c1.Cl. The van der Waals surface area contributed by atoms with Crippen LogP contribution in [0.2, 0.25) is 0 Å². The third-order valence-corrected chi connectivity index (χ3v) is 3.83. The predicted octanol–water partition coefficient (Wildman–Crippen LogP) is 1.86. The highest BCUT2D eigenvalue weighted by Crippen LogP contribution is 2.20. The standard InChI is InChI=1S/C15H20N6O.ClH/c1-2-21-15(18-19-20-21)11-5-3-6-13(9-11)17-14(22)10-12-7-4-8-16-12;/h3,5-6,9,12,16H,2,4,7-8,10H2,1H3,(H,17,22);1H. The lowest BCUT2D eigenvalue weighted by Crippen LogP contribution is -2.27. The number of hydrogen-bond acceptors (Lipinski definition) is 5. The summed E-state index contributed by atoms with van der Waals surface area (Å²) in [5.74, 6) is 0.739. The van der Waals surface area contributed by atoms with Crippen molar-refractivity contribution >= 4 is 24.0 Å². The van der Waals surface area contributed by atoms with Crippen LogP contribution in [0.5, 0.6) is 0 Å². The van der Waals surface area contributed by atoms with Gasteiger partial charge in [0.15, 0.2) is 5.82 Å². The van der Waals surface area contributed by atoms with Gasteiger partial charge >= 0.3 is 0 Å². The Bertz CT molecular complexity index is 653. The third-order valence-electron chi connectivity index (χ3n) is 3.83. The molecule has 0 spiro atoms. The average molecular weight is 337 g/mol. The Kier molecular flexibility index (Phi) is 6.06. The number of carbonyl (C=O) groups is 1. The van der Waals surface area contributed by atoms with Crippen molar-refractivity contribution in [1.29, 1.82) is 0 Å². The summed E-state index contributed by atoms with van der Waals surface area (Å²) in [6, 6.07) is 7.91. The van der Waals surface area contributed by atoms with E-state index in [1.54, 1.807) is 4.68 Å². The van der Waals surface area contributed by atoms with Crippen LogP contribution in [-0.2, 0) is 11.3 Å².